The summed E-state index contributed by atoms with van der Waals surface area (Å²) in [6, 6.07) is 0. The lowest BCUT2D eigenvalue weighted by molar-refractivity contribution is -0.229. The summed E-state index contributed by atoms with van der Waals surface area (Å²) in [5.41, 5.74) is -6.14. The third kappa shape index (κ3) is 3.08. The molecule has 0 saturated heterocycles. The first-order valence-electron chi connectivity index (χ1n) is 12.0. The fourth-order valence-corrected chi connectivity index (χ4v) is 8.56. The standard InChI is InChI=1S/C25H34FNO5S/c1-5-32-21(33-13-27)20(30)25(31)14(2)10-18-17-7-6-15-11-16(28)8-9-22(15,3)24(17,26)19(29)12-23(18,25)4/h11,14,17-19,21,29,31H,5-10,12H2,1-4H3/t14-,17-,18-,19-,21?,22-,23-,24-,25-/m0/s1. The summed E-state index contributed by atoms with van der Waals surface area (Å²) >= 11 is 0.670. The Morgan fingerprint density at radius 1 is 1.39 bits per heavy atom. The van der Waals surface area contributed by atoms with Crippen molar-refractivity contribution in [1.82, 2.24) is 0 Å². The number of alkyl halides is 1. The normalized spacial score (nSPS) is 47.6. The Hall–Kier alpha value is -1.27. The third-order valence-electron chi connectivity index (χ3n) is 9.69. The van der Waals surface area contributed by atoms with Gasteiger partial charge >= 0.3 is 0 Å². The number of rotatable bonds is 5. The van der Waals surface area contributed by atoms with E-state index in [1.807, 2.05) is 12.3 Å². The zero-order valence-electron chi connectivity index (χ0n) is 19.8. The molecule has 33 heavy (non-hydrogen) atoms. The van der Waals surface area contributed by atoms with E-state index in [1.54, 1.807) is 26.8 Å². The predicted molar refractivity (Wildman–Crippen MR) is 122 cm³/mol. The van der Waals surface area contributed by atoms with Crippen LogP contribution in [0.2, 0.25) is 0 Å². The third-order valence-corrected chi connectivity index (χ3v) is 10.4. The van der Waals surface area contributed by atoms with Crippen LogP contribution in [0.5, 0.6) is 0 Å². The second-order valence-corrected chi connectivity index (χ2v) is 11.7. The summed E-state index contributed by atoms with van der Waals surface area (Å²) in [6.45, 7) is 7.34. The molecule has 4 aliphatic rings. The maximum atomic E-state index is 17.2. The lowest BCUT2D eigenvalue weighted by atomic mass is 9.44. The number of carbonyl (C=O) groups excluding carboxylic acids is 2. The first kappa shape index (κ1) is 24.8. The molecule has 9 atom stereocenters. The van der Waals surface area contributed by atoms with E-state index in [1.165, 1.54) is 0 Å². The summed E-state index contributed by atoms with van der Waals surface area (Å²) in [5, 5.41) is 34.4. The molecule has 0 amide bonds. The molecule has 0 bridgehead atoms. The van der Waals surface area contributed by atoms with E-state index in [2.05, 4.69) is 0 Å². The van der Waals surface area contributed by atoms with Crippen molar-refractivity contribution in [3.63, 3.8) is 0 Å². The number of hydrogen-bond acceptors (Lipinski definition) is 7. The minimum atomic E-state index is -1.93. The number of allylic oxidation sites excluding steroid dienone is 1. The SMILES string of the molecule is CCOC(SC#N)C(=O)[C@@]1(O)[C@@H](C)C[C@H]2[C@@H]3CCC4=CC(=O)CC[C@]4(C)[C@@]3(F)[C@@H](O)C[C@@]21C. The summed E-state index contributed by atoms with van der Waals surface area (Å²) in [4.78, 5) is 25.7. The highest BCUT2D eigenvalue weighted by atomic mass is 32.2. The van der Waals surface area contributed by atoms with Crippen LogP contribution in [0.4, 0.5) is 4.39 Å². The largest absolute Gasteiger partial charge is 0.390 e. The summed E-state index contributed by atoms with van der Waals surface area (Å²) in [5.74, 6) is -1.90. The van der Waals surface area contributed by atoms with Crippen molar-refractivity contribution < 1.29 is 28.9 Å². The number of carbonyl (C=O) groups is 2. The number of aliphatic hydroxyl groups is 2. The molecule has 4 aliphatic carbocycles. The van der Waals surface area contributed by atoms with Crippen LogP contribution < -0.4 is 0 Å². The predicted octanol–water partition coefficient (Wildman–Crippen LogP) is 3.70. The van der Waals surface area contributed by atoms with E-state index < -0.39 is 51.3 Å². The van der Waals surface area contributed by atoms with Gasteiger partial charge in [-0.3, -0.25) is 9.59 Å². The zero-order valence-corrected chi connectivity index (χ0v) is 20.6. The van der Waals surface area contributed by atoms with Gasteiger partial charge in [-0.2, -0.15) is 5.26 Å². The minimum Gasteiger partial charge on any atom is -0.390 e. The second-order valence-electron chi connectivity index (χ2n) is 10.9. The molecule has 0 spiro atoms. The van der Waals surface area contributed by atoms with E-state index in [-0.39, 0.29) is 31.1 Å². The van der Waals surface area contributed by atoms with Crippen LogP contribution in [0.25, 0.3) is 0 Å². The molecule has 3 fully saturated rings. The van der Waals surface area contributed by atoms with Gasteiger partial charge < -0.3 is 14.9 Å². The summed E-state index contributed by atoms with van der Waals surface area (Å²) < 4.78 is 22.7. The van der Waals surface area contributed by atoms with Crippen LogP contribution >= 0.6 is 11.8 Å². The number of nitrogens with zero attached hydrogens (tertiary/aromatic N) is 1. The topological polar surface area (TPSA) is 108 Å². The number of ether oxygens (including phenoxy) is 1. The number of Topliss-reactive ketones (excluding diaryl/α,β-unsaturated/α-hetero) is 1. The van der Waals surface area contributed by atoms with E-state index in [0.29, 0.717) is 37.4 Å². The molecule has 6 nitrogen and oxygen atoms in total. The molecule has 0 aromatic rings. The number of ketones is 2. The maximum absolute atomic E-state index is 17.2. The maximum Gasteiger partial charge on any atom is 0.205 e. The lowest BCUT2D eigenvalue weighted by Gasteiger charge is -2.63. The van der Waals surface area contributed by atoms with Crippen molar-refractivity contribution in [1.29, 1.82) is 5.26 Å². The van der Waals surface area contributed by atoms with Gasteiger partial charge in [-0.1, -0.05) is 26.3 Å². The highest BCUT2D eigenvalue weighted by Crippen LogP contribution is 2.71. The Labute approximate surface area is 198 Å². The van der Waals surface area contributed by atoms with Crippen molar-refractivity contribution in [2.45, 2.75) is 89.0 Å². The van der Waals surface area contributed by atoms with Crippen molar-refractivity contribution >= 4 is 23.3 Å². The van der Waals surface area contributed by atoms with Gasteiger partial charge in [-0.15, -0.1) is 0 Å². The molecule has 8 heteroatoms. The van der Waals surface area contributed by atoms with Gasteiger partial charge in [0, 0.05) is 29.8 Å². The fraction of sp³-hybridized carbons (Fsp3) is 0.800. The van der Waals surface area contributed by atoms with Crippen molar-refractivity contribution in [2.24, 2.45) is 28.6 Å². The van der Waals surface area contributed by atoms with E-state index in [0.717, 1.165) is 5.57 Å². The van der Waals surface area contributed by atoms with Gasteiger partial charge in [0.2, 0.25) is 5.78 Å². The van der Waals surface area contributed by atoms with Gasteiger partial charge in [0.15, 0.2) is 11.2 Å². The van der Waals surface area contributed by atoms with Crippen LogP contribution in [0.1, 0.15) is 66.2 Å². The molecule has 0 aromatic carbocycles. The molecular formula is C25H34FNO5S. The summed E-state index contributed by atoms with van der Waals surface area (Å²) in [6.07, 6.45) is 2.22. The monoisotopic (exact) mass is 479 g/mol. The number of thiocyanates is 1. The van der Waals surface area contributed by atoms with Crippen LogP contribution in [-0.4, -0.2) is 51.2 Å². The molecule has 0 aliphatic heterocycles. The first-order valence-corrected chi connectivity index (χ1v) is 12.8. The zero-order chi connectivity index (χ0) is 24.4. The molecule has 182 valence electrons. The van der Waals surface area contributed by atoms with Crippen molar-refractivity contribution in [3.8, 4) is 5.40 Å². The van der Waals surface area contributed by atoms with Crippen molar-refractivity contribution in [3.05, 3.63) is 11.6 Å². The highest BCUT2D eigenvalue weighted by molar-refractivity contribution is 8.04. The van der Waals surface area contributed by atoms with Gasteiger partial charge in [-0.05, 0) is 68.7 Å². The minimum absolute atomic E-state index is 0.00563. The van der Waals surface area contributed by atoms with Crippen molar-refractivity contribution in [2.75, 3.05) is 6.61 Å². The molecule has 4 rings (SSSR count). The van der Waals surface area contributed by atoms with E-state index in [9.17, 15) is 19.8 Å². The second kappa shape index (κ2) is 8.15. The molecule has 0 radical (unpaired) electrons. The number of nitriles is 1. The molecule has 2 N–H and O–H groups in total. The lowest BCUT2D eigenvalue weighted by Crippen LogP contribution is -2.70. The quantitative estimate of drug-likeness (QED) is 0.457. The highest BCUT2D eigenvalue weighted by Gasteiger charge is 2.76. The number of thioether (sulfide) groups is 1. The van der Waals surface area contributed by atoms with Gasteiger partial charge in [0.25, 0.3) is 0 Å². The summed E-state index contributed by atoms with van der Waals surface area (Å²) in [7, 11) is 0. The molecule has 1 unspecified atom stereocenters. The average molecular weight is 480 g/mol. The van der Waals surface area contributed by atoms with Gasteiger partial charge in [0.1, 0.15) is 16.7 Å². The molecule has 3 saturated carbocycles. The Morgan fingerprint density at radius 2 is 2.09 bits per heavy atom. The molecular weight excluding hydrogens is 445 g/mol. The average Bonchev–Trinajstić information content (AvgIpc) is 2.96. The number of hydrogen-bond donors (Lipinski definition) is 2. The van der Waals surface area contributed by atoms with Gasteiger partial charge in [0.05, 0.1) is 6.10 Å². The van der Waals surface area contributed by atoms with Gasteiger partial charge in [-0.25, -0.2) is 4.39 Å². The van der Waals surface area contributed by atoms with E-state index >= 15 is 4.39 Å². The number of halogens is 1. The van der Waals surface area contributed by atoms with Crippen LogP contribution in [0, 0.1) is 39.2 Å². The fourth-order valence-electron chi connectivity index (χ4n) is 7.97. The van der Waals surface area contributed by atoms with Crippen LogP contribution in [0.15, 0.2) is 11.6 Å². The smallest absolute Gasteiger partial charge is 0.205 e. The first-order chi connectivity index (χ1) is 15.4. The van der Waals surface area contributed by atoms with E-state index in [4.69, 9.17) is 10.00 Å². The number of fused-ring (bicyclic) bond motifs is 5. The Morgan fingerprint density at radius 3 is 2.73 bits per heavy atom. The molecule has 0 aromatic heterocycles. The molecule has 0 heterocycles. The van der Waals surface area contributed by atoms with Crippen LogP contribution in [0.3, 0.4) is 0 Å². The Kier molecular flexibility index (Phi) is 6.14. The Balaban J connectivity index is 1.77. The Bertz CT molecular complexity index is 934. The van der Waals surface area contributed by atoms with Crippen LogP contribution in [-0.2, 0) is 14.3 Å². The number of aliphatic hydroxyl groups excluding tert-OH is 1.